The van der Waals surface area contributed by atoms with Crippen molar-refractivity contribution in [3.05, 3.63) is 0 Å². The molecule has 0 aromatic carbocycles. The Morgan fingerprint density at radius 2 is 1.74 bits per heavy atom. The zero-order valence-corrected chi connectivity index (χ0v) is 13.3. The molecular formula is C14H30N2O2S. The van der Waals surface area contributed by atoms with Gasteiger partial charge < -0.3 is 5.32 Å². The van der Waals surface area contributed by atoms with Gasteiger partial charge in [-0.05, 0) is 32.2 Å². The molecular weight excluding hydrogens is 260 g/mol. The third kappa shape index (κ3) is 6.23. The maximum absolute atomic E-state index is 11.9. The first-order chi connectivity index (χ1) is 9.10. The molecule has 0 aliphatic carbocycles. The van der Waals surface area contributed by atoms with E-state index in [9.17, 15) is 8.42 Å². The lowest BCUT2D eigenvalue weighted by molar-refractivity contribution is 0.288. The van der Waals surface area contributed by atoms with Crippen molar-refractivity contribution < 1.29 is 8.42 Å². The second kappa shape index (κ2) is 8.93. The van der Waals surface area contributed by atoms with Crippen molar-refractivity contribution in [2.24, 2.45) is 0 Å². The molecule has 0 atom stereocenters. The van der Waals surface area contributed by atoms with E-state index in [4.69, 9.17) is 0 Å². The molecule has 4 nitrogen and oxygen atoms in total. The van der Waals surface area contributed by atoms with Gasteiger partial charge >= 0.3 is 0 Å². The smallest absolute Gasteiger partial charge is 0.214 e. The van der Waals surface area contributed by atoms with Gasteiger partial charge in [-0.2, -0.15) is 0 Å². The number of hydrogen-bond acceptors (Lipinski definition) is 3. The van der Waals surface area contributed by atoms with Crippen LogP contribution in [0.4, 0.5) is 0 Å². The molecule has 1 heterocycles. The lowest BCUT2D eigenvalue weighted by Crippen LogP contribution is -2.45. The van der Waals surface area contributed by atoms with E-state index < -0.39 is 10.0 Å². The second-order valence-electron chi connectivity index (χ2n) is 5.50. The topological polar surface area (TPSA) is 49.4 Å². The summed E-state index contributed by atoms with van der Waals surface area (Å²) in [5, 5.41) is 3.56. The Hall–Kier alpha value is -0.130. The molecule has 0 radical (unpaired) electrons. The predicted molar refractivity (Wildman–Crippen MR) is 80.8 cm³/mol. The Bertz CT molecular complexity index is 322. The Morgan fingerprint density at radius 1 is 1.05 bits per heavy atom. The molecule has 0 aromatic rings. The molecule has 0 amide bonds. The first kappa shape index (κ1) is 16.9. The van der Waals surface area contributed by atoms with Crippen molar-refractivity contribution in [2.45, 2.75) is 64.8 Å². The average molecular weight is 290 g/mol. The second-order valence-corrected chi connectivity index (χ2v) is 7.59. The van der Waals surface area contributed by atoms with Crippen LogP contribution in [0.1, 0.15) is 58.8 Å². The summed E-state index contributed by atoms with van der Waals surface area (Å²) < 4.78 is 25.5. The first-order valence-electron chi connectivity index (χ1n) is 7.81. The average Bonchev–Trinajstić information content (AvgIpc) is 2.39. The van der Waals surface area contributed by atoms with E-state index in [1.54, 1.807) is 4.31 Å². The van der Waals surface area contributed by atoms with Crippen LogP contribution in [0.2, 0.25) is 0 Å². The molecule has 0 bridgehead atoms. The molecule has 1 saturated heterocycles. The summed E-state index contributed by atoms with van der Waals surface area (Å²) in [7, 11) is -2.98. The number of nitrogens with zero attached hydrogens (tertiary/aromatic N) is 1. The molecule has 5 heteroatoms. The molecule has 0 spiro atoms. The highest BCUT2D eigenvalue weighted by molar-refractivity contribution is 7.89. The number of sulfonamides is 1. The summed E-state index contributed by atoms with van der Waals surface area (Å²) in [6, 6.07) is 0.509. The number of hydrogen-bond donors (Lipinski definition) is 1. The van der Waals surface area contributed by atoms with Gasteiger partial charge in [0, 0.05) is 19.1 Å². The van der Waals surface area contributed by atoms with Gasteiger partial charge in [-0.3, -0.25) is 0 Å². The SMILES string of the molecule is CCCCCCNC1CCN(S(=O)(=O)CCC)CC1. The first-order valence-corrected chi connectivity index (χ1v) is 9.42. The predicted octanol–water partition coefficient (Wildman–Crippen LogP) is 2.36. The van der Waals surface area contributed by atoms with Crippen molar-refractivity contribution in [1.82, 2.24) is 9.62 Å². The molecule has 0 saturated carbocycles. The number of nitrogens with one attached hydrogen (secondary N) is 1. The zero-order valence-electron chi connectivity index (χ0n) is 12.5. The van der Waals surface area contributed by atoms with Gasteiger partial charge in [-0.15, -0.1) is 0 Å². The molecule has 1 fully saturated rings. The van der Waals surface area contributed by atoms with E-state index >= 15 is 0 Å². The Morgan fingerprint density at radius 3 is 2.32 bits per heavy atom. The van der Waals surface area contributed by atoms with Gasteiger partial charge in [0.2, 0.25) is 10.0 Å². The molecule has 1 aliphatic rings. The fourth-order valence-corrected chi connectivity index (χ4v) is 4.12. The van der Waals surface area contributed by atoms with Crippen LogP contribution in [0.25, 0.3) is 0 Å². The van der Waals surface area contributed by atoms with Gasteiger partial charge in [0.15, 0.2) is 0 Å². The quantitative estimate of drug-likeness (QED) is 0.663. The highest BCUT2D eigenvalue weighted by Gasteiger charge is 2.26. The van der Waals surface area contributed by atoms with Crippen LogP contribution in [-0.4, -0.2) is 44.2 Å². The van der Waals surface area contributed by atoms with Crippen LogP contribution in [0, 0.1) is 0 Å². The highest BCUT2D eigenvalue weighted by atomic mass is 32.2. The van der Waals surface area contributed by atoms with E-state index in [-0.39, 0.29) is 0 Å². The molecule has 0 unspecified atom stereocenters. The van der Waals surface area contributed by atoms with Crippen LogP contribution in [0.5, 0.6) is 0 Å². The van der Waals surface area contributed by atoms with E-state index in [1.807, 2.05) is 6.92 Å². The Labute approximate surface area is 119 Å². The minimum absolute atomic E-state index is 0.294. The number of rotatable bonds is 9. The molecule has 1 N–H and O–H groups in total. The van der Waals surface area contributed by atoms with Gasteiger partial charge in [0.25, 0.3) is 0 Å². The van der Waals surface area contributed by atoms with E-state index in [0.717, 1.165) is 19.4 Å². The number of unbranched alkanes of at least 4 members (excludes halogenated alkanes) is 3. The largest absolute Gasteiger partial charge is 0.314 e. The van der Waals surface area contributed by atoms with Crippen LogP contribution in [0.3, 0.4) is 0 Å². The molecule has 114 valence electrons. The molecule has 1 aliphatic heterocycles. The van der Waals surface area contributed by atoms with Crippen molar-refractivity contribution in [3.63, 3.8) is 0 Å². The van der Waals surface area contributed by atoms with Crippen molar-refractivity contribution >= 4 is 10.0 Å². The van der Waals surface area contributed by atoms with Gasteiger partial charge in [0.05, 0.1) is 5.75 Å². The summed E-state index contributed by atoms with van der Waals surface area (Å²) in [4.78, 5) is 0. The lowest BCUT2D eigenvalue weighted by atomic mass is 10.1. The fourth-order valence-electron chi connectivity index (χ4n) is 2.58. The minimum Gasteiger partial charge on any atom is -0.314 e. The molecule has 19 heavy (non-hydrogen) atoms. The Balaban J connectivity index is 2.18. The third-order valence-electron chi connectivity index (χ3n) is 3.77. The van der Waals surface area contributed by atoms with Crippen molar-refractivity contribution in [3.8, 4) is 0 Å². The van der Waals surface area contributed by atoms with Gasteiger partial charge in [0.1, 0.15) is 0 Å². The normalized spacial score (nSPS) is 18.8. The highest BCUT2D eigenvalue weighted by Crippen LogP contribution is 2.15. The van der Waals surface area contributed by atoms with Crippen molar-refractivity contribution in [2.75, 3.05) is 25.4 Å². The zero-order chi connectivity index (χ0) is 14.1. The van der Waals surface area contributed by atoms with Crippen LogP contribution in [0.15, 0.2) is 0 Å². The Kier molecular flexibility index (Phi) is 7.95. The summed E-state index contributed by atoms with van der Waals surface area (Å²) in [5.74, 6) is 0.294. The maximum Gasteiger partial charge on any atom is 0.214 e. The lowest BCUT2D eigenvalue weighted by Gasteiger charge is -2.31. The van der Waals surface area contributed by atoms with E-state index in [2.05, 4.69) is 12.2 Å². The summed E-state index contributed by atoms with van der Waals surface area (Å²) in [6.45, 7) is 6.60. The van der Waals surface area contributed by atoms with E-state index in [0.29, 0.717) is 31.3 Å². The molecule has 0 aromatic heterocycles. The van der Waals surface area contributed by atoms with Gasteiger partial charge in [-0.1, -0.05) is 33.1 Å². The maximum atomic E-state index is 11.9. The van der Waals surface area contributed by atoms with Gasteiger partial charge in [-0.25, -0.2) is 12.7 Å². The monoisotopic (exact) mass is 290 g/mol. The standard InChI is InChI=1S/C14H30N2O2S/c1-3-5-6-7-10-15-14-8-11-16(12-9-14)19(17,18)13-4-2/h14-15H,3-13H2,1-2H3. The summed E-state index contributed by atoms with van der Waals surface area (Å²) in [6.07, 6.45) is 7.74. The third-order valence-corrected chi connectivity index (χ3v) is 5.85. The van der Waals surface area contributed by atoms with Crippen LogP contribution < -0.4 is 5.32 Å². The summed E-state index contributed by atoms with van der Waals surface area (Å²) in [5.41, 5.74) is 0. The minimum atomic E-state index is -2.98. The summed E-state index contributed by atoms with van der Waals surface area (Å²) >= 11 is 0. The number of piperidine rings is 1. The fraction of sp³-hybridized carbons (Fsp3) is 1.00. The van der Waals surface area contributed by atoms with Crippen molar-refractivity contribution in [1.29, 1.82) is 0 Å². The molecule has 1 rings (SSSR count). The van der Waals surface area contributed by atoms with Crippen LogP contribution in [-0.2, 0) is 10.0 Å². The van der Waals surface area contributed by atoms with E-state index in [1.165, 1.54) is 25.7 Å². The van der Waals surface area contributed by atoms with Crippen LogP contribution >= 0.6 is 0 Å².